The van der Waals surface area contributed by atoms with Crippen LogP contribution in [0.5, 0.6) is 0 Å². The van der Waals surface area contributed by atoms with Crippen molar-refractivity contribution >= 4 is 13.6 Å². The number of nitrogens with zero attached hydrogens (tertiary/aromatic N) is 1. The van der Waals surface area contributed by atoms with Crippen LogP contribution in [0.2, 0.25) is 0 Å². The molecule has 1 aromatic heterocycles. The third kappa shape index (κ3) is 5.68. The molecule has 0 amide bonds. The summed E-state index contributed by atoms with van der Waals surface area (Å²) in [6, 6.07) is 1.18. The molecule has 2 aliphatic rings. The van der Waals surface area contributed by atoms with Crippen LogP contribution >= 0.6 is 7.60 Å². The molecule has 1 unspecified atom stereocenters. The van der Waals surface area contributed by atoms with Gasteiger partial charge in [0, 0.05) is 12.3 Å². The first kappa shape index (κ1) is 26.7. The molecule has 0 aromatic carbocycles. The Morgan fingerprint density at radius 1 is 1.15 bits per heavy atom. The van der Waals surface area contributed by atoms with E-state index in [0.717, 1.165) is 0 Å². The fraction of sp³-hybridized carbons (Fsp3) is 0.750. The molecule has 3 heterocycles. The second kappa shape index (κ2) is 10.8. The Bertz CT molecular complexity index is 1010. The SMILES string of the molecule is CCOC(=O)C(OC[C@H]1O[C@@H](n2ccc(=O)[nH]c2=O)[C@@H]2OC(C)(C)O[C@@H]21)P(=O)(OCC)OCC. The minimum atomic E-state index is -4.03. The highest BCUT2D eigenvalue weighted by Gasteiger charge is 2.57. The van der Waals surface area contributed by atoms with Crippen molar-refractivity contribution in [3.05, 3.63) is 33.1 Å². The predicted octanol–water partition coefficient (Wildman–Crippen LogP) is 1.13. The summed E-state index contributed by atoms with van der Waals surface area (Å²) in [7, 11) is -4.03. The number of aromatic nitrogens is 2. The molecule has 2 fully saturated rings. The van der Waals surface area contributed by atoms with Gasteiger partial charge in [0.15, 0.2) is 12.0 Å². The Labute approximate surface area is 196 Å². The summed E-state index contributed by atoms with van der Waals surface area (Å²) in [6.07, 6.45) is -1.90. The molecule has 0 saturated carbocycles. The zero-order chi connectivity index (χ0) is 25.1. The highest BCUT2D eigenvalue weighted by Crippen LogP contribution is 2.54. The maximum absolute atomic E-state index is 13.3. The van der Waals surface area contributed by atoms with Gasteiger partial charge in [-0.25, -0.2) is 9.59 Å². The Morgan fingerprint density at radius 2 is 1.79 bits per heavy atom. The largest absolute Gasteiger partial charge is 0.464 e. The molecule has 14 heteroatoms. The normalized spacial score (nSPS) is 26.9. The van der Waals surface area contributed by atoms with E-state index in [0.29, 0.717) is 0 Å². The molecule has 13 nitrogen and oxygen atoms in total. The van der Waals surface area contributed by atoms with Crippen molar-refractivity contribution in [1.29, 1.82) is 0 Å². The number of fused-ring (bicyclic) bond motifs is 1. The van der Waals surface area contributed by atoms with Gasteiger partial charge in [-0.1, -0.05) is 0 Å². The molecule has 34 heavy (non-hydrogen) atoms. The van der Waals surface area contributed by atoms with Crippen LogP contribution in [-0.2, 0) is 42.1 Å². The van der Waals surface area contributed by atoms with E-state index < -0.39 is 61.0 Å². The molecule has 0 spiro atoms. The highest BCUT2D eigenvalue weighted by atomic mass is 31.2. The number of ether oxygens (including phenoxy) is 5. The van der Waals surface area contributed by atoms with E-state index in [-0.39, 0.29) is 26.4 Å². The van der Waals surface area contributed by atoms with Crippen molar-refractivity contribution < 1.29 is 42.1 Å². The summed E-state index contributed by atoms with van der Waals surface area (Å²) in [5.41, 5.74) is -1.24. The molecule has 5 atom stereocenters. The van der Waals surface area contributed by atoms with Gasteiger partial charge in [-0.2, -0.15) is 0 Å². The number of hydrogen-bond acceptors (Lipinski definition) is 11. The summed E-state index contributed by atoms with van der Waals surface area (Å²) in [4.78, 5) is 38.6. The molecule has 1 N–H and O–H groups in total. The first-order valence-corrected chi connectivity index (χ1v) is 12.7. The summed E-state index contributed by atoms with van der Waals surface area (Å²) < 4.78 is 53.7. The van der Waals surface area contributed by atoms with E-state index in [1.165, 1.54) is 16.8 Å². The van der Waals surface area contributed by atoms with Crippen molar-refractivity contribution in [2.75, 3.05) is 26.4 Å². The van der Waals surface area contributed by atoms with Gasteiger partial charge in [-0.15, -0.1) is 0 Å². The number of rotatable bonds is 11. The summed E-state index contributed by atoms with van der Waals surface area (Å²) >= 11 is 0. The monoisotopic (exact) mass is 506 g/mol. The Hall–Kier alpha value is -1.86. The van der Waals surface area contributed by atoms with E-state index in [9.17, 15) is 18.9 Å². The Morgan fingerprint density at radius 3 is 2.38 bits per heavy atom. The van der Waals surface area contributed by atoms with Gasteiger partial charge >= 0.3 is 19.3 Å². The van der Waals surface area contributed by atoms with Crippen LogP contribution in [0, 0.1) is 0 Å². The maximum Gasteiger partial charge on any atom is 0.370 e. The molecule has 2 saturated heterocycles. The fourth-order valence-electron chi connectivity index (χ4n) is 3.87. The van der Waals surface area contributed by atoms with E-state index >= 15 is 0 Å². The smallest absolute Gasteiger partial charge is 0.370 e. The van der Waals surface area contributed by atoms with E-state index in [1.807, 2.05) is 0 Å². The minimum absolute atomic E-state index is 0.0174. The number of carbonyl (C=O) groups is 1. The molecule has 3 rings (SSSR count). The van der Waals surface area contributed by atoms with Crippen molar-refractivity contribution in [1.82, 2.24) is 9.55 Å². The third-order valence-electron chi connectivity index (χ3n) is 5.06. The maximum atomic E-state index is 13.3. The topological polar surface area (TPSA) is 154 Å². The second-order valence-corrected chi connectivity index (χ2v) is 10.0. The molecule has 192 valence electrons. The molecule has 1 aromatic rings. The lowest BCUT2D eigenvalue weighted by Gasteiger charge is -2.27. The Balaban J connectivity index is 1.86. The minimum Gasteiger partial charge on any atom is -0.464 e. The second-order valence-electron chi connectivity index (χ2n) is 7.96. The number of nitrogens with one attached hydrogen (secondary N) is 1. The molecule has 0 aliphatic carbocycles. The van der Waals surface area contributed by atoms with Gasteiger partial charge in [0.2, 0.25) is 0 Å². The van der Waals surface area contributed by atoms with Gasteiger partial charge in [0.25, 0.3) is 11.4 Å². The fourth-order valence-corrected chi connectivity index (χ4v) is 5.53. The standard InChI is InChI=1S/C20H31N2O11P/c1-6-27-17(24)18(34(26,29-7-2)30-8-3)28-11-12-14-15(33-20(4,5)32-14)16(31-12)22-10-9-13(23)21-19(22)25/h9-10,12,14-16,18H,6-8,11H2,1-5H3,(H,21,23,25)/t12-,14-,15-,16-,18?/m1/s1. The lowest BCUT2D eigenvalue weighted by molar-refractivity contribution is -0.204. The van der Waals surface area contributed by atoms with Crippen LogP contribution in [0.15, 0.2) is 21.9 Å². The van der Waals surface area contributed by atoms with Gasteiger partial charge in [-0.3, -0.25) is 18.9 Å². The van der Waals surface area contributed by atoms with Gasteiger partial charge in [-0.05, 0) is 34.6 Å². The zero-order valence-corrected chi connectivity index (χ0v) is 20.6. The van der Waals surface area contributed by atoms with Crippen molar-refractivity contribution in [3.63, 3.8) is 0 Å². The van der Waals surface area contributed by atoms with E-state index in [1.54, 1.807) is 34.6 Å². The van der Waals surface area contributed by atoms with Crippen LogP contribution in [0.4, 0.5) is 0 Å². The van der Waals surface area contributed by atoms with E-state index in [2.05, 4.69) is 4.98 Å². The van der Waals surface area contributed by atoms with Crippen LogP contribution < -0.4 is 11.2 Å². The van der Waals surface area contributed by atoms with Crippen LogP contribution in [0.1, 0.15) is 40.8 Å². The highest BCUT2D eigenvalue weighted by molar-refractivity contribution is 7.55. The predicted molar refractivity (Wildman–Crippen MR) is 116 cm³/mol. The number of carbonyl (C=O) groups excluding carboxylic acids is 1. The van der Waals surface area contributed by atoms with Crippen molar-refractivity contribution in [3.8, 4) is 0 Å². The van der Waals surface area contributed by atoms with Gasteiger partial charge in [0.1, 0.15) is 18.3 Å². The lowest BCUT2D eigenvalue weighted by Crippen LogP contribution is -2.37. The number of H-pyrrole nitrogens is 1. The van der Waals surface area contributed by atoms with E-state index in [4.69, 9.17) is 32.7 Å². The molecule has 0 bridgehead atoms. The third-order valence-corrected chi connectivity index (χ3v) is 7.23. The first-order chi connectivity index (χ1) is 16.0. The van der Waals surface area contributed by atoms with Crippen molar-refractivity contribution in [2.24, 2.45) is 0 Å². The molecule has 0 radical (unpaired) electrons. The van der Waals surface area contributed by atoms with Crippen LogP contribution in [0.3, 0.4) is 0 Å². The van der Waals surface area contributed by atoms with Crippen molar-refractivity contribution in [2.45, 2.75) is 70.8 Å². The molecule has 2 aliphatic heterocycles. The summed E-state index contributed by atoms with van der Waals surface area (Å²) in [5.74, 6) is -3.55. The molecular weight excluding hydrogens is 475 g/mol. The quantitative estimate of drug-likeness (QED) is 0.339. The number of hydrogen-bond donors (Lipinski definition) is 1. The lowest BCUT2D eigenvalue weighted by atomic mass is 10.1. The Kier molecular flexibility index (Phi) is 8.51. The van der Waals surface area contributed by atoms with Crippen LogP contribution in [0.25, 0.3) is 0 Å². The van der Waals surface area contributed by atoms with Gasteiger partial charge in [0.05, 0.1) is 26.4 Å². The zero-order valence-electron chi connectivity index (χ0n) is 19.8. The summed E-state index contributed by atoms with van der Waals surface area (Å²) in [6.45, 7) is 8.02. The average molecular weight is 506 g/mol. The average Bonchev–Trinajstić information content (AvgIpc) is 3.22. The van der Waals surface area contributed by atoms with Gasteiger partial charge < -0.3 is 32.7 Å². The summed E-state index contributed by atoms with van der Waals surface area (Å²) in [5, 5.41) is 0. The number of aromatic amines is 1. The number of esters is 1. The first-order valence-electron chi connectivity index (χ1n) is 11.0. The van der Waals surface area contributed by atoms with Crippen LogP contribution in [-0.4, -0.2) is 71.9 Å². The molecular formula is C20H31N2O11P.